The first-order chi connectivity index (χ1) is 13.6. The van der Waals surface area contributed by atoms with E-state index in [2.05, 4.69) is 25.4 Å². The molecule has 1 fully saturated rings. The molecule has 2 heterocycles. The van der Waals surface area contributed by atoms with E-state index in [9.17, 15) is 9.18 Å². The maximum Gasteiger partial charge on any atom is 0.315 e. The molecule has 1 aromatic heterocycles. The summed E-state index contributed by atoms with van der Waals surface area (Å²) in [4.78, 5) is 20.6. The van der Waals surface area contributed by atoms with Gasteiger partial charge in [-0.05, 0) is 29.8 Å². The number of carbonyl (C=O) groups excluding carboxylic acids is 1. The van der Waals surface area contributed by atoms with Gasteiger partial charge in [-0.15, -0.1) is 0 Å². The van der Waals surface area contributed by atoms with Crippen LogP contribution in [0.25, 0.3) is 0 Å². The second-order valence-corrected chi connectivity index (χ2v) is 6.62. The third-order valence-electron chi connectivity index (χ3n) is 4.74. The minimum absolute atomic E-state index is 0.194. The molecule has 7 nitrogen and oxygen atoms in total. The maximum atomic E-state index is 13.0. The number of halogens is 1. The van der Waals surface area contributed by atoms with E-state index in [1.54, 1.807) is 19.4 Å². The Morgan fingerprint density at radius 3 is 2.50 bits per heavy atom. The molecule has 3 rings (SSSR count). The van der Waals surface area contributed by atoms with Gasteiger partial charge in [0, 0.05) is 63.8 Å². The number of pyridine rings is 1. The van der Waals surface area contributed by atoms with Gasteiger partial charge in [-0.1, -0.05) is 6.07 Å². The first-order valence-electron chi connectivity index (χ1n) is 9.37. The van der Waals surface area contributed by atoms with Gasteiger partial charge in [-0.3, -0.25) is 4.90 Å². The van der Waals surface area contributed by atoms with Crippen molar-refractivity contribution in [3.63, 3.8) is 0 Å². The van der Waals surface area contributed by atoms with Crippen LogP contribution < -0.4 is 20.3 Å². The van der Waals surface area contributed by atoms with Crippen LogP contribution in [0, 0.1) is 5.82 Å². The summed E-state index contributed by atoms with van der Waals surface area (Å²) < 4.78 is 18.0. The number of anilines is 1. The number of amides is 2. The molecule has 0 bridgehead atoms. The Morgan fingerprint density at radius 1 is 1.11 bits per heavy atom. The summed E-state index contributed by atoms with van der Waals surface area (Å²) in [6.07, 6.45) is 1.68. The monoisotopic (exact) mass is 387 g/mol. The van der Waals surface area contributed by atoms with Crippen molar-refractivity contribution in [2.75, 3.05) is 51.3 Å². The number of urea groups is 1. The van der Waals surface area contributed by atoms with Crippen LogP contribution in [0.4, 0.5) is 14.9 Å². The van der Waals surface area contributed by atoms with Crippen LogP contribution in [0.2, 0.25) is 0 Å². The molecule has 0 atom stereocenters. The van der Waals surface area contributed by atoms with Crippen LogP contribution in [-0.2, 0) is 6.54 Å². The van der Waals surface area contributed by atoms with Crippen molar-refractivity contribution in [3.8, 4) is 5.88 Å². The van der Waals surface area contributed by atoms with Crippen LogP contribution in [0.5, 0.6) is 5.88 Å². The summed E-state index contributed by atoms with van der Waals surface area (Å²) in [6.45, 7) is 5.41. The third-order valence-corrected chi connectivity index (χ3v) is 4.74. The molecule has 0 aliphatic carbocycles. The van der Waals surface area contributed by atoms with E-state index >= 15 is 0 Å². The minimum atomic E-state index is -0.213. The van der Waals surface area contributed by atoms with Gasteiger partial charge in [0.25, 0.3) is 0 Å². The summed E-state index contributed by atoms with van der Waals surface area (Å²) in [5.74, 6) is 0.336. The van der Waals surface area contributed by atoms with Gasteiger partial charge in [0.05, 0.1) is 7.11 Å². The number of rotatable bonds is 7. The van der Waals surface area contributed by atoms with Crippen molar-refractivity contribution >= 4 is 11.7 Å². The predicted octanol–water partition coefficient (Wildman–Crippen LogP) is 1.85. The highest BCUT2D eigenvalue weighted by Crippen LogP contribution is 2.16. The first-order valence-corrected chi connectivity index (χ1v) is 9.37. The molecule has 0 radical (unpaired) electrons. The van der Waals surface area contributed by atoms with E-state index in [0.717, 1.165) is 44.0 Å². The molecule has 1 aromatic carbocycles. The van der Waals surface area contributed by atoms with Gasteiger partial charge in [0.1, 0.15) is 5.82 Å². The zero-order valence-electron chi connectivity index (χ0n) is 16.0. The lowest BCUT2D eigenvalue weighted by atomic mass is 10.2. The molecule has 1 aliphatic rings. The van der Waals surface area contributed by atoms with Crippen molar-refractivity contribution in [1.82, 2.24) is 20.5 Å². The van der Waals surface area contributed by atoms with Crippen LogP contribution in [0.15, 0.2) is 42.6 Å². The summed E-state index contributed by atoms with van der Waals surface area (Å²) in [5, 5.41) is 5.70. The lowest BCUT2D eigenvalue weighted by molar-refractivity contribution is 0.231. The molecule has 2 amide bonds. The average molecular weight is 387 g/mol. The number of piperazine rings is 1. The van der Waals surface area contributed by atoms with Crippen molar-refractivity contribution in [1.29, 1.82) is 0 Å². The van der Waals surface area contributed by atoms with Crippen molar-refractivity contribution in [2.24, 2.45) is 0 Å². The highest BCUT2D eigenvalue weighted by atomic mass is 19.1. The highest BCUT2D eigenvalue weighted by molar-refractivity contribution is 5.73. The molecular formula is C20H26FN5O2. The molecule has 2 aromatic rings. The van der Waals surface area contributed by atoms with Crippen molar-refractivity contribution < 1.29 is 13.9 Å². The number of nitrogens with one attached hydrogen (secondary N) is 2. The zero-order valence-corrected chi connectivity index (χ0v) is 16.0. The average Bonchev–Trinajstić information content (AvgIpc) is 2.74. The molecule has 28 heavy (non-hydrogen) atoms. The quantitative estimate of drug-likeness (QED) is 0.759. The lowest BCUT2D eigenvalue weighted by Gasteiger charge is -2.36. The Kier molecular flexibility index (Phi) is 7.02. The summed E-state index contributed by atoms with van der Waals surface area (Å²) in [6, 6.07) is 10.1. The first kappa shape index (κ1) is 19.9. The van der Waals surface area contributed by atoms with E-state index in [0.29, 0.717) is 19.0 Å². The number of benzene rings is 1. The number of carbonyl (C=O) groups is 1. The molecular weight excluding hydrogens is 361 g/mol. The predicted molar refractivity (Wildman–Crippen MR) is 106 cm³/mol. The maximum absolute atomic E-state index is 13.0. The molecule has 150 valence electrons. The fourth-order valence-electron chi connectivity index (χ4n) is 3.09. The van der Waals surface area contributed by atoms with E-state index in [1.165, 1.54) is 12.1 Å². The number of hydrogen-bond donors (Lipinski definition) is 2. The van der Waals surface area contributed by atoms with Crippen LogP contribution in [0.3, 0.4) is 0 Å². The summed E-state index contributed by atoms with van der Waals surface area (Å²) >= 11 is 0. The van der Waals surface area contributed by atoms with E-state index < -0.39 is 0 Å². The third kappa shape index (κ3) is 5.82. The fourth-order valence-corrected chi connectivity index (χ4v) is 3.09. The number of ether oxygens (including phenoxy) is 1. The largest absolute Gasteiger partial charge is 0.481 e. The summed E-state index contributed by atoms with van der Waals surface area (Å²) in [5.41, 5.74) is 1.96. The van der Waals surface area contributed by atoms with Gasteiger partial charge < -0.3 is 20.3 Å². The Balaban J connectivity index is 1.30. The minimum Gasteiger partial charge on any atom is -0.481 e. The van der Waals surface area contributed by atoms with Gasteiger partial charge in [0.2, 0.25) is 5.88 Å². The van der Waals surface area contributed by atoms with Crippen molar-refractivity contribution in [3.05, 3.63) is 54.0 Å². The van der Waals surface area contributed by atoms with Crippen LogP contribution in [-0.4, -0.2) is 62.3 Å². The Morgan fingerprint density at radius 2 is 1.86 bits per heavy atom. The molecule has 2 N–H and O–H groups in total. The zero-order chi connectivity index (χ0) is 19.8. The number of nitrogens with zero attached hydrogens (tertiary/aromatic N) is 3. The van der Waals surface area contributed by atoms with Gasteiger partial charge in [-0.2, -0.15) is 0 Å². The fraction of sp³-hybridized carbons (Fsp3) is 0.400. The lowest BCUT2D eigenvalue weighted by Crippen LogP contribution is -2.49. The number of aromatic nitrogens is 1. The van der Waals surface area contributed by atoms with Gasteiger partial charge in [0.15, 0.2) is 0 Å². The normalized spacial score (nSPS) is 14.6. The summed E-state index contributed by atoms with van der Waals surface area (Å²) in [7, 11) is 1.57. The molecule has 1 saturated heterocycles. The molecule has 0 unspecified atom stereocenters. The highest BCUT2D eigenvalue weighted by Gasteiger charge is 2.17. The van der Waals surface area contributed by atoms with E-state index in [-0.39, 0.29) is 11.8 Å². The Bertz CT molecular complexity index is 746. The molecule has 1 aliphatic heterocycles. The Hall–Kier alpha value is -2.87. The standard InChI is InChI=1S/C20H26FN5O2/c1-28-19-7-2-16(14-23-19)15-24-20(27)22-8-9-25-10-12-26(13-11-25)18-5-3-17(21)4-6-18/h2-7,14H,8-13,15H2,1H3,(H2,22,24,27). The van der Waals surface area contributed by atoms with Crippen LogP contribution >= 0.6 is 0 Å². The van der Waals surface area contributed by atoms with E-state index in [1.807, 2.05) is 18.2 Å². The molecule has 8 heteroatoms. The second kappa shape index (κ2) is 9.89. The topological polar surface area (TPSA) is 69.7 Å². The second-order valence-electron chi connectivity index (χ2n) is 6.62. The van der Waals surface area contributed by atoms with Crippen LogP contribution in [0.1, 0.15) is 5.56 Å². The number of methoxy groups -OCH3 is 1. The van der Waals surface area contributed by atoms with Gasteiger partial charge in [-0.25, -0.2) is 14.2 Å². The molecule has 0 spiro atoms. The molecule has 0 saturated carbocycles. The van der Waals surface area contributed by atoms with Crippen molar-refractivity contribution in [2.45, 2.75) is 6.54 Å². The smallest absolute Gasteiger partial charge is 0.315 e. The van der Waals surface area contributed by atoms with E-state index in [4.69, 9.17) is 4.74 Å². The SMILES string of the molecule is COc1ccc(CNC(=O)NCCN2CCN(c3ccc(F)cc3)CC2)cn1. The van der Waals surface area contributed by atoms with Gasteiger partial charge >= 0.3 is 6.03 Å². The Labute approximate surface area is 164 Å². The number of hydrogen-bond acceptors (Lipinski definition) is 5.